The smallest absolute Gasteiger partial charge is 0.182 e. The highest BCUT2D eigenvalue weighted by Gasteiger charge is 2.16. The largest absolute Gasteiger partial charge is 0.295 e. The van der Waals surface area contributed by atoms with Crippen molar-refractivity contribution < 1.29 is 13.2 Å². The molecule has 21 heavy (non-hydrogen) atoms. The summed E-state index contributed by atoms with van der Waals surface area (Å²) in [5, 5.41) is 0. The molecule has 0 saturated carbocycles. The summed E-state index contributed by atoms with van der Waals surface area (Å²) in [5.74, 6) is -0.228. The summed E-state index contributed by atoms with van der Waals surface area (Å²) < 4.78 is 24.6. The minimum absolute atomic E-state index is 0.0597. The number of hydrogen-bond donors (Lipinski definition) is 0. The summed E-state index contributed by atoms with van der Waals surface area (Å²) in [5.41, 5.74) is 1.69. The molecule has 0 atom stereocenters. The molecule has 0 fully saturated rings. The minimum atomic E-state index is -3.43. The molecule has 0 amide bonds. The van der Waals surface area contributed by atoms with Gasteiger partial charge in [0.1, 0.15) is 0 Å². The zero-order chi connectivity index (χ0) is 15.5. The molecule has 0 aliphatic heterocycles. The van der Waals surface area contributed by atoms with Crippen LogP contribution < -0.4 is 0 Å². The van der Waals surface area contributed by atoms with Crippen molar-refractivity contribution in [3.63, 3.8) is 0 Å². The van der Waals surface area contributed by atoms with E-state index in [1.54, 1.807) is 54.6 Å². The summed E-state index contributed by atoms with van der Waals surface area (Å²) in [4.78, 5) is 11.7. The monoisotopic (exact) mass is 300 g/mol. The van der Waals surface area contributed by atoms with Crippen LogP contribution in [-0.4, -0.2) is 20.0 Å². The van der Waals surface area contributed by atoms with Gasteiger partial charge >= 0.3 is 0 Å². The first-order valence-corrected chi connectivity index (χ1v) is 8.12. The summed E-state index contributed by atoms with van der Waals surface area (Å²) in [6.07, 6.45) is 0. The third kappa shape index (κ3) is 3.67. The molecule has 0 aromatic heterocycles. The molecule has 0 aliphatic rings. The lowest BCUT2D eigenvalue weighted by Gasteiger charge is -2.08. The van der Waals surface area contributed by atoms with E-state index in [1.807, 2.05) is 0 Å². The van der Waals surface area contributed by atoms with Crippen LogP contribution in [0.25, 0.3) is 5.57 Å². The van der Waals surface area contributed by atoms with Crippen molar-refractivity contribution in [1.82, 2.24) is 0 Å². The van der Waals surface area contributed by atoms with Crippen LogP contribution in [0.4, 0.5) is 0 Å². The Morgan fingerprint density at radius 1 is 1.00 bits per heavy atom. The quantitative estimate of drug-likeness (QED) is 0.795. The molecule has 2 aromatic rings. The van der Waals surface area contributed by atoms with Crippen molar-refractivity contribution in [3.8, 4) is 0 Å². The van der Waals surface area contributed by atoms with Gasteiger partial charge in [0.25, 0.3) is 0 Å². The third-order valence-electron chi connectivity index (χ3n) is 3.14. The second kappa shape index (κ2) is 6.06. The molecule has 0 aliphatic carbocycles. The van der Waals surface area contributed by atoms with E-state index >= 15 is 0 Å². The van der Waals surface area contributed by atoms with E-state index in [0.717, 1.165) is 0 Å². The molecule has 0 spiro atoms. The van der Waals surface area contributed by atoms with Gasteiger partial charge < -0.3 is 0 Å². The van der Waals surface area contributed by atoms with E-state index in [1.165, 1.54) is 6.92 Å². The van der Waals surface area contributed by atoms with Crippen LogP contribution in [0.3, 0.4) is 0 Å². The zero-order valence-corrected chi connectivity index (χ0v) is 12.6. The average molecular weight is 300 g/mol. The van der Waals surface area contributed by atoms with E-state index in [2.05, 4.69) is 6.58 Å². The Morgan fingerprint density at radius 2 is 1.62 bits per heavy atom. The molecule has 0 bridgehead atoms. The van der Waals surface area contributed by atoms with Gasteiger partial charge in [0.15, 0.2) is 15.6 Å². The third-order valence-corrected chi connectivity index (χ3v) is 4.86. The predicted octanol–water partition coefficient (Wildman–Crippen LogP) is 3.38. The Balaban J connectivity index is 2.26. The lowest BCUT2D eigenvalue weighted by atomic mass is 10.0. The van der Waals surface area contributed by atoms with E-state index < -0.39 is 9.84 Å². The normalized spacial score (nSPS) is 11.1. The molecule has 108 valence electrons. The summed E-state index contributed by atoms with van der Waals surface area (Å²) in [6, 6.07) is 15.1. The highest BCUT2D eigenvalue weighted by molar-refractivity contribution is 7.91. The Labute approximate surface area is 124 Å². The van der Waals surface area contributed by atoms with E-state index in [-0.39, 0.29) is 16.4 Å². The van der Waals surface area contributed by atoms with Gasteiger partial charge in [-0.1, -0.05) is 43.0 Å². The van der Waals surface area contributed by atoms with Crippen molar-refractivity contribution in [2.24, 2.45) is 0 Å². The maximum Gasteiger partial charge on any atom is 0.182 e. The van der Waals surface area contributed by atoms with E-state index in [9.17, 15) is 13.2 Å². The van der Waals surface area contributed by atoms with Gasteiger partial charge in [0.2, 0.25) is 0 Å². The number of carbonyl (C=O) groups is 1. The van der Waals surface area contributed by atoms with Crippen molar-refractivity contribution in [1.29, 1.82) is 0 Å². The fraction of sp³-hybridized carbons (Fsp3) is 0.118. The van der Waals surface area contributed by atoms with Crippen LogP contribution >= 0.6 is 0 Å². The molecular weight excluding hydrogens is 284 g/mol. The predicted molar refractivity (Wildman–Crippen MR) is 84.0 cm³/mol. The van der Waals surface area contributed by atoms with Crippen molar-refractivity contribution >= 4 is 21.2 Å². The van der Waals surface area contributed by atoms with Gasteiger partial charge in [0.05, 0.1) is 10.6 Å². The molecule has 0 unspecified atom stereocenters. The number of rotatable bonds is 5. The number of hydrogen-bond acceptors (Lipinski definition) is 3. The van der Waals surface area contributed by atoms with Crippen molar-refractivity contribution in [3.05, 3.63) is 72.3 Å². The fourth-order valence-electron chi connectivity index (χ4n) is 1.98. The first-order valence-electron chi connectivity index (χ1n) is 6.47. The Kier molecular flexibility index (Phi) is 4.38. The first kappa shape index (κ1) is 15.2. The van der Waals surface area contributed by atoms with Gasteiger partial charge in [-0.25, -0.2) is 8.42 Å². The number of carbonyl (C=O) groups excluding carboxylic acids is 1. The lowest BCUT2D eigenvalue weighted by Crippen LogP contribution is -2.08. The molecule has 2 aromatic carbocycles. The van der Waals surface area contributed by atoms with Crippen molar-refractivity contribution in [2.75, 3.05) is 5.75 Å². The minimum Gasteiger partial charge on any atom is -0.295 e. The number of benzene rings is 2. The number of sulfone groups is 1. The highest BCUT2D eigenvalue weighted by Crippen LogP contribution is 2.20. The van der Waals surface area contributed by atoms with Gasteiger partial charge in [0, 0.05) is 5.56 Å². The lowest BCUT2D eigenvalue weighted by molar-refractivity contribution is 0.101. The average Bonchev–Trinajstić information content (AvgIpc) is 2.48. The van der Waals surface area contributed by atoms with Crippen LogP contribution in [0.2, 0.25) is 0 Å². The summed E-state index contributed by atoms with van der Waals surface area (Å²) >= 11 is 0. The number of Topliss-reactive ketones (excluding diaryl/α,β-unsaturated/α-hetero) is 1. The molecule has 4 heteroatoms. The Bertz CT molecular complexity index is 775. The first-order chi connectivity index (χ1) is 9.90. The second-order valence-corrected chi connectivity index (χ2v) is 6.80. The van der Waals surface area contributed by atoms with Crippen LogP contribution in [0.5, 0.6) is 0 Å². The van der Waals surface area contributed by atoms with Gasteiger partial charge in [-0.2, -0.15) is 0 Å². The molecule has 0 radical (unpaired) electrons. The Morgan fingerprint density at radius 3 is 2.24 bits per heavy atom. The van der Waals surface area contributed by atoms with E-state index in [0.29, 0.717) is 16.7 Å². The SMILES string of the molecule is C=C(CS(=O)(=O)c1ccccc1)c1cccc(C(C)=O)c1. The molecule has 3 nitrogen and oxygen atoms in total. The standard InChI is InChI=1S/C17H16O3S/c1-13(15-7-6-8-16(11-15)14(2)18)12-21(19,20)17-9-4-3-5-10-17/h3-11H,1,12H2,2H3. The maximum absolute atomic E-state index is 12.3. The van der Waals surface area contributed by atoms with Crippen LogP contribution in [0, 0.1) is 0 Å². The highest BCUT2D eigenvalue weighted by atomic mass is 32.2. The fourth-order valence-corrected chi connectivity index (χ4v) is 3.35. The molecular formula is C17H16O3S. The van der Waals surface area contributed by atoms with Gasteiger partial charge in [-0.05, 0) is 36.3 Å². The topological polar surface area (TPSA) is 51.2 Å². The molecule has 0 N–H and O–H groups in total. The number of ketones is 1. The molecule has 0 heterocycles. The Hall–Kier alpha value is -2.20. The summed E-state index contributed by atoms with van der Waals surface area (Å²) in [7, 11) is -3.43. The second-order valence-electron chi connectivity index (χ2n) is 4.81. The van der Waals surface area contributed by atoms with E-state index in [4.69, 9.17) is 0 Å². The zero-order valence-electron chi connectivity index (χ0n) is 11.7. The van der Waals surface area contributed by atoms with Gasteiger partial charge in [-0.15, -0.1) is 0 Å². The van der Waals surface area contributed by atoms with Crippen LogP contribution in [0.15, 0.2) is 66.1 Å². The molecule has 2 rings (SSSR count). The van der Waals surface area contributed by atoms with Crippen LogP contribution in [0.1, 0.15) is 22.8 Å². The maximum atomic E-state index is 12.3. The molecule has 0 saturated heterocycles. The van der Waals surface area contributed by atoms with Crippen LogP contribution in [-0.2, 0) is 9.84 Å². The van der Waals surface area contributed by atoms with Crippen molar-refractivity contribution in [2.45, 2.75) is 11.8 Å². The van der Waals surface area contributed by atoms with Gasteiger partial charge in [-0.3, -0.25) is 4.79 Å². The summed E-state index contributed by atoms with van der Waals surface area (Å²) in [6.45, 7) is 5.32.